The maximum Gasteiger partial charge on any atom is 0.222 e. The van der Waals surface area contributed by atoms with Gasteiger partial charge in [-0.15, -0.1) is 0 Å². The lowest BCUT2D eigenvalue weighted by atomic mass is 9.93. The van der Waals surface area contributed by atoms with Crippen LogP contribution in [-0.4, -0.2) is 34.8 Å². The minimum atomic E-state index is 0.239. The second kappa shape index (κ2) is 8.11. The van der Waals surface area contributed by atoms with E-state index in [1.54, 1.807) is 0 Å². The molecule has 1 fully saturated rings. The topological polar surface area (TPSA) is 52.9 Å². The van der Waals surface area contributed by atoms with Crippen LogP contribution in [0, 0.1) is 5.92 Å². The zero-order valence-electron chi connectivity index (χ0n) is 11.7. The van der Waals surface area contributed by atoms with Gasteiger partial charge in [-0.05, 0) is 12.8 Å². The average Bonchev–Trinajstić information content (AvgIpc) is 2.42. The number of carbonyl (C=O) groups is 1. The molecule has 0 radical (unpaired) electrons. The number of hydrogen-bond donors (Lipinski definition) is 1. The summed E-state index contributed by atoms with van der Waals surface area (Å²) < 4.78 is 0. The van der Waals surface area contributed by atoms with Crippen LogP contribution in [0.3, 0.4) is 0 Å². The molecule has 0 bridgehead atoms. The largest absolute Gasteiger partial charge is 0.411 e. The molecule has 1 heterocycles. The van der Waals surface area contributed by atoms with Gasteiger partial charge < -0.3 is 10.1 Å². The molecule has 104 valence electrons. The van der Waals surface area contributed by atoms with Crippen molar-refractivity contribution in [3.63, 3.8) is 0 Å². The number of hydrogen-bond acceptors (Lipinski definition) is 3. The van der Waals surface area contributed by atoms with E-state index in [1.807, 2.05) is 4.90 Å². The number of piperidine rings is 1. The van der Waals surface area contributed by atoms with Crippen LogP contribution < -0.4 is 0 Å². The number of amides is 1. The Morgan fingerprint density at radius 1 is 1.39 bits per heavy atom. The highest BCUT2D eigenvalue weighted by Gasteiger charge is 2.27. The van der Waals surface area contributed by atoms with Crippen LogP contribution in [0.2, 0.25) is 0 Å². The van der Waals surface area contributed by atoms with Gasteiger partial charge in [0, 0.05) is 31.8 Å². The molecular formula is C14H26N2O2. The molecule has 4 nitrogen and oxygen atoms in total. The van der Waals surface area contributed by atoms with Gasteiger partial charge in [-0.2, -0.15) is 0 Å². The van der Waals surface area contributed by atoms with Crippen LogP contribution in [0.25, 0.3) is 0 Å². The SMILES string of the molecule is CCCCCCC(=O)N1CCC(=NO)C(CC)C1. The summed E-state index contributed by atoms with van der Waals surface area (Å²) in [7, 11) is 0. The van der Waals surface area contributed by atoms with Gasteiger partial charge >= 0.3 is 0 Å². The quantitative estimate of drug-likeness (QED) is 0.450. The normalized spacial score (nSPS) is 22.4. The van der Waals surface area contributed by atoms with Gasteiger partial charge in [0.1, 0.15) is 0 Å². The molecule has 1 atom stereocenters. The van der Waals surface area contributed by atoms with Crippen molar-refractivity contribution in [1.29, 1.82) is 0 Å². The standard InChI is InChI=1S/C14H26N2O2/c1-3-5-6-7-8-14(17)16-10-9-13(15-18)12(4-2)11-16/h12,18H,3-11H2,1-2H3. The van der Waals surface area contributed by atoms with Crippen molar-refractivity contribution in [2.24, 2.45) is 11.1 Å². The summed E-state index contributed by atoms with van der Waals surface area (Å²) in [6.07, 6.45) is 6.88. The molecule has 1 aliphatic heterocycles. The maximum atomic E-state index is 12.0. The van der Waals surface area contributed by atoms with Crippen LogP contribution in [0.4, 0.5) is 0 Å². The fourth-order valence-corrected chi connectivity index (χ4v) is 2.50. The predicted octanol–water partition coefficient (Wildman–Crippen LogP) is 3.05. The van der Waals surface area contributed by atoms with Crippen molar-refractivity contribution in [3.05, 3.63) is 0 Å². The number of unbranched alkanes of at least 4 members (excludes halogenated alkanes) is 3. The van der Waals surface area contributed by atoms with Crippen molar-refractivity contribution >= 4 is 11.6 Å². The molecule has 1 amide bonds. The molecule has 0 saturated carbocycles. The molecule has 0 aromatic carbocycles. The highest BCUT2D eigenvalue weighted by molar-refractivity contribution is 5.89. The van der Waals surface area contributed by atoms with Crippen molar-refractivity contribution in [1.82, 2.24) is 4.90 Å². The summed E-state index contributed by atoms with van der Waals surface area (Å²) in [6.45, 7) is 5.68. The van der Waals surface area contributed by atoms with Crippen LogP contribution in [0.15, 0.2) is 5.16 Å². The number of carbonyl (C=O) groups excluding carboxylic acids is 1. The summed E-state index contributed by atoms with van der Waals surface area (Å²) in [6, 6.07) is 0. The highest BCUT2D eigenvalue weighted by Crippen LogP contribution is 2.18. The molecule has 0 spiro atoms. The summed E-state index contributed by atoms with van der Waals surface area (Å²) in [5, 5.41) is 12.3. The molecule has 4 heteroatoms. The Bertz CT molecular complexity index is 290. The predicted molar refractivity (Wildman–Crippen MR) is 73.0 cm³/mol. The lowest BCUT2D eigenvalue weighted by Gasteiger charge is -2.33. The lowest BCUT2D eigenvalue weighted by Crippen LogP contribution is -2.43. The molecule has 1 unspecified atom stereocenters. The molecule has 0 aromatic rings. The smallest absolute Gasteiger partial charge is 0.222 e. The Hall–Kier alpha value is -1.06. The number of nitrogens with zero attached hydrogens (tertiary/aromatic N) is 2. The third-order valence-corrected chi connectivity index (χ3v) is 3.77. The fraction of sp³-hybridized carbons (Fsp3) is 0.857. The molecule has 1 N–H and O–H groups in total. The Labute approximate surface area is 110 Å². The lowest BCUT2D eigenvalue weighted by molar-refractivity contribution is -0.132. The van der Waals surface area contributed by atoms with E-state index in [0.29, 0.717) is 13.0 Å². The van der Waals surface area contributed by atoms with E-state index in [-0.39, 0.29) is 11.8 Å². The van der Waals surface area contributed by atoms with Crippen LogP contribution in [0.1, 0.15) is 58.8 Å². The molecule has 1 aliphatic rings. The minimum absolute atomic E-state index is 0.239. The van der Waals surface area contributed by atoms with Crippen LogP contribution in [0.5, 0.6) is 0 Å². The van der Waals surface area contributed by atoms with Crippen LogP contribution >= 0.6 is 0 Å². The van der Waals surface area contributed by atoms with E-state index in [1.165, 1.54) is 12.8 Å². The Kier molecular flexibility index (Phi) is 6.76. The van der Waals surface area contributed by atoms with E-state index >= 15 is 0 Å². The summed E-state index contributed by atoms with van der Waals surface area (Å²) >= 11 is 0. The number of likely N-dealkylation sites (tertiary alicyclic amines) is 1. The van der Waals surface area contributed by atoms with E-state index in [9.17, 15) is 4.79 Å². The monoisotopic (exact) mass is 254 g/mol. The van der Waals surface area contributed by atoms with Crippen LogP contribution in [-0.2, 0) is 4.79 Å². The number of oxime groups is 1. The molecule has 1 saturated heterocycles. The molecule has 18 heavy (non-hydrogen) atoms. The van der Waals surface area contributed by atoms with Gasteiger partial charge in [0.05, 0.1) is 5.71 Å². The van der Waals surface area contributed by atoms with Gasteiger partial charge in [-0.1, -0.05) is 38.3 Å². The first kappa shape index (κ1) is 15.0. The third kappa shape index (κ3) is 4.31. The van der Waals surface area contributed by atoms with Crippen molar-refractivity contribution in [2.75, 3.05) is 13.1 Å². The van der Waals surface area contributed by atoms with Gasteiger partial charge in [0.15, 0.2) is 0 Å². The fourth-order valence-electron chi connectivity index (χ4n) is 2.50. The van der Waals surface area contributed by atoms with E-state index in [0.717, 1.165) is 37.9 Å². The van der Waals surface area contributed by atoms with Crippen molar-refractivity contribution in [2.45, 2.75) is 58.8 Å². The summed E-state index contributed by atoms with van der Waals surface area (Å²) in [5.74, 6) is 0.505. The van der Waals surface area contributed by atoms with E-state index in [4.69, 9.17) is 5.21 Å². The van der Waals surface area contributed by atoms with Gasteiger partial charge in [0.2, 0.25) is 5.91 Å². The van der Waals surface area contributed by atoms with Crippen molar-refractivity contribution < 1.29 is 10.0 Å². The first-order valence-corrected chi connectivity index (χ1v) is 7.21. The summed E-state index contributed by atoms with van der Waals surface area (Å²) in [5.41, 5.74) is 0.854. The zero-order chi connectivity index (χ0) is 13.4. The van der Waals surface area contributed by atoms with E-state index < -0.39 is 0 Å². The maximum absolute atomic E-state index is 12.0. The minimum Gasteiger partial charge on any atom is -0.411 e. The Morgan fingerprint density at radius 2 is 2.17 bits per heavy atom. The molecule has 0 aromatic heterocycles. The average molecular weight is 254 g/mol. The zero-order valence-corrected chi connectivity index (χ0v) is 11.7. The molecular weight excluding hydrogens is 228 g/mol. The van der Waals surface area contributed by atoms with Gasteiger partial charge in [-0.3, -0.25) is 4.79 Å². The second-order valence-electron chi connectivity index (χ2n) is 5.10. The molecule has 1 rings (SSSR count). The van der Waals surface area contributed by atoms with Crippen molar-refractivity contribution in [3.8, 4) is 0 Å². The Balaban J connectivity index is 2.36. The van der Waals surface area contributed by atoms with Gasteiger partial charge in [-0.25, -0.2) is 0 Å². The second-order valence-corrected chi connectivity index (χ2v) is 5.10. The first-order valence-electron chi connectivity index (χ1n) is 7.21. The first-order chi connectivity index (χ1) is 8.72. The highest BCUT2D eigenvalue weighted by atomic mass is 16.4. The number of rotatable bonds is 6. The summed E-state index contributed by atoms with van der Waals surface area (Å²) in [4.78, 5) is 14.0. The van der Waals surface area contributed by atoms with E-state index in [2.05, 4.69) is 19.0 Å². The third-order valence-electron chi connectivity index (χ3n) is 3.77. The Morgan fingerprint density at radius 3 is 2.78 bits per heavy atom. The molecule has 0 aliphatic carbocycles. The van der Waals surface area contributed by atoms with Gasteiger partial charge in [0.25, 0.3) is 0 Å².